The van der Waals surface area contributed by atoms with Crippen LogP contribution >= 0.6 is 0 Å². The fourth-order valence-electron chi connectivity index (χ4n) is 2.07. The quantitative estimate of drug-likeness (QED) is 0.762. The van der Waals surface area contributed by atoms with Crippen LogP contribution in [0.2, 0.25) is 0 Å². The number of carbonyl (C=O) groups is 2. The van der Waals surface area contributed by atoms with Crippen molar-refractivity contribution in [2.45, 2.75) is 18.9 Å². The van der Waals surface area contributed by atoms with Gasteiger partial charge in [-0.05, 0) is 30.9 Å². The second kappa shape index (κ2) is 3.33. The maximum absolute atomic E-state index is 12.0. The summed E-state index contributed by atoms with van der Waals surface area (Å²) in [4.78, 5) is 25.0. The number of hydrogen-bond donors (Lipinski definition) is 1. The summed E-state index contributed by atoms with van der Waals surface area (Å²) < 4.78 is 0. The number of imide groups is 1. The Morgan fingerprint density at radius 1 is 1.12 bits per heavy atom. The molecule has 3 amide bonds. The number of anilines is 1. The molecule has 1 aromatic carbocycles. The molecule has 1 atom stereocenters. The van der Waals surface area contributed by atoms with Gasteiger partial charge in [0.05, 0.1) is 5.69 Å². The van der Waals surface area contributed by atoms with Gasteiger partial charge in [0.1, 0.15) is 6.04 Å². The number of para-hydroxylation sites is 1. The van der Waals surface area contributed by atoms with Crippen LogP contribution in [0.4, 0.5) is 10.5 Å². The van der Waals surface area contributed by atoms with Crippen LogP contribution in [0.5, 0.6) is 0 Å². The first-order chi connectivity index (χ1) is 7.77. The number of hydrogen-bond acceptors (Lipinski definition) is 2. The maximum atomic E-state index is 12.0. The molecule has 82 valence electrons. The lowest BCUT2D eigenvalue weighted by Gasteiger charge is -2.12. The average molecular weight is 216 g/mol. The smallest absolute Gasteiger partial charge is 0.325 e. The lowest BCUT2D eigenvalue weighted by atomic mass is 10.2. The molecule has 0 bridgehead atoms. The molecule has 3 rings (SSSR count). The topological polar surface area (TPSA) is 49.4 Å². The van der Waals surface area contributed by atoms with E-state index in [0.29, 0.717) is 11.6 Å². The van der Waals surface area contributed by atoms with Gasteiger partial charge in [-0.1, -0.05) is 18.2 Å². The van der Waals surface area contributed by atoms with Crippen molar-refractivity contribution in [2.24, 2.45) is 5.92 Å². The Bertz CT molecular complexity index is 440. The molecule has 0 unspecified atom stereocenters. The number of nitrogens with zero attached hydrogens (tertiary/aromatic N) is 1. The Kier molecular flexibility index (Phi) is 1.96. The van der Waals surface area contributed by atoms with Crippen molar-refractivity contribution in [1.29, 1.82) is 0 Å². The minimum Gasteiger partial charge on any atom is -0.325 e. The summed E-state index contributed by atoms with van der Waals surface area (Å²) >= 11 is 0. The highest BCUT2D eigenvalue weighted by molar-refractivity contribution is 6.21. The zero-order valence-electron chi connectivity index (χ0n) is 8.72. The normalized spacial score (nSPS) is 24.8. The van der Waals surface area contributed by atoms with Crippen LogP contribution in [0.15, 0.2) is 30.3 Å². The van der Waals surface area contributed by atoms with Crippen LogP contribution < -0.4 is 10.2 Å². The summed E-state index contributed by atoms with van der Waals surface area (Å²) in [5, 5.41) is 2.75. The Hall–Kier alpha value is -1.84. The summed E-state index contributed by atoms with van der Waals surface area (Å²) in [7, 11) is 0. The highest BCUT2D eigenvalue weighted by atomic mass is 16.2. The third-order valence-electron chi connectivity index (χ3n) is 3.08. The van der Waals surface area contributed by atoms with Crippen LogP contribution in [0, 0.1) is 5.92 Å². The van der Waals surface area contributed by atoms with Crippen molar-refractivity contribution in [3.05, 3.63) is 30.3 Å². The lowest BCUT2D eigenvalue weighted by Crippen LogP contribution is -2.32. The molecule has 1 aliphatic carbocycles. The fourth-order valence-corrected chi connectivity index (χ4v) is 2.07. The van der Waals surface area contributed by atoms with E-state index in [4.69, 9.17) is 0 Å². The molecule has 2 aliphatic rings. The molecule has 1 aliphatic heterocycles. The molecule has 0 aromatic heterocycles. The minimum absolute atomic E-state index is 0.112. The van der Waals surface area contributed by atoms with Crippen LogP contribution in [0.25, 0.3) is 0 Å². The first-order valence-corrected chi connectivity index (χ1v) is 5.47. The van der Waals surface area contributed by atoms with Crippen molar-refractivity contribution in [1.82, 2.24) is 5.32 Å². The van der Waals surface area contributed by atoms with E-state index in [1.807, 2.05) is 18.2 Å². The van der Waals surface area contributed by atoms with E-state index in [1.54, 1.807) is 12.1 Å². The van der Waals surface area contributed by atoms with Gasteiger partial charge >= 0.3 is 6.03 Å². The van der Waals surface area contributed by atoms with E-state index in [2.05, 4.69) is 5.32 Å². The van der Waals surface area contributed by atoms with E-state index in [9.17, 15) is 9.59 Å². The monoisotopic (exact) mass is 216 g/mol. The van der Waals surface area contributed by atoms with Gasteiger partial charge < -0.3 is 5.32 Å². The molecule has 4 nitrogen and oxygen atoms in total. The van der Waals surface area contributed by atoms with Gasteiger partial charge in [0, 0.05) is 0 Å². The lowest BCUT2D eigenvalue weighted by molar-refractivity contribution is -0.118. The zero-order valence-corrected chi connectivity index (χ0v) is 8.72. The van der Waals surface area contributed by atoms with Gasteiger partial charge in [-0.3, -0.25) is 4.79 Å². The van der Waals surface area contributed by atoms with Crippen molar-refractivity contribution >= 4 is 17.6 Å². The van der Waals surface area contributed by atoms with Crippen LogP contribution in [-0.2, 0) is 4.79 Å². The number of amides is 3. The molecular formula is C12H12N2O2. The number of nitrogens with one attached hydrogen (secondary N) is 1. The second-order valence-electron chi connectivity index (χ2n) is 4.27. The molecular weight excluding hydrogens is 204 g/mol. The standard InChI is InChI=1S/C12H12N2O2/c15-11-10(8-6-7-8)13-12(16)14(11)9-4-2-1-3-5-9/h1-5,8,10H,6-7H2,(H,13,16)/t10-/m1/s1. The molecule has 1 saturated heterocycles. The van der Waals surface area contributed by atoms with Gasteiger partial charge in [0.2, 0.25) is 0 Å². The number of carbonyl (C=O) groups excluding carboxylic acids is 2. The molecule has 0 radical (unpaired) electrons. The van der Waals surface area contributed by atoms with Gasteiger partial charge in [-0.15, -0.1) is 0 Å². The summed E-state index contributed by atoms with van der Waals surface area (Å²) in [6.45, 7) is 0. The zero-order chi connectivity index (χ0) is 11.1. The Labute approximate surface area is 93.2 Å². The summed E-state index contributed by atoms with van der Waals surface area (Å²) in [5.74, 6) is 0.240. The van der Waals surface area contributed by atoms with Gasteiger partial charge in [0.15, 0.2) is 0 Å². The average Bonchev–Trinajstić information content (AvgIpc) is 3.07. The molecule has 1 N–H and O–H groups in total. The van der Waals surface area contributed by atoms with Crippen molar-refractivity contribution in [3.8, 4) is 0 Å². The van der Waals surface area contributed by atoms with E-state index >= 15 is 0 Å². The summed E-state index contributed by atoms with van der Waals surface area (Å²) in [6, 6.07) is 8.45. The third kappa shape index (κ3) is 1.38. The Morgan fingerprint density at radius 3 is 2.44 bits per heavy atom. The number of urea groups is 1. The van der Waals surface area contributed by atoms with Crippen molar-refractivity contribution in [2.75, 3.05) is 4.90 Å². The maximum Gasteiger partial charge on any atom is 0.329 e. The SMILES string of the molecule is O=C1N[C@H](C2CC2)C(=O)N1c1ccccc1. The highest BCUT2D eigenvalue weighted by Gasteiger charge is 2.46. The Morgan fingerprint density at radius 2 is 1.81 bits per heavy atom. The van der Waals surface area contributed by atoms with Gasteiger partial charge in [-0.25, -0.2) is 9.69 Å². The van der Waals surface area contributed by atoms with Crippen LogP contribution in [0.1, 0.15) is 12.8 Å². The minimum atomic E-state index is -0.298. The van der Waals surface area contributed by atoms with E-state index < -0.39 is 0 Å². The summed E-state index contributed by atoms with van der Waals surface area (Å²) in [6.07, 6.45) is 2.08. The predicted molar refractivity (Wildman–Crippen MR) is 59.0 cm³/mol. The number of rotatable bonds is 2. The van der Waals surface area contributed by atoms with E-state index in [0.717, 1.165) is 12.8 Å². The van der Waals surface area contributed by atoms with E-state index in [1.165, 1.54) is 4.90 Å². The number of benzene rings is 1. The largest absolute Gasteiger partial charge is 0.329 e. The predicted octanol–water partition coefficient (Wildman–Crippen LogP) is 1.52. The van der Waals surface area contributed by atoms with Crippen molar-refractivity contribution in [3.63, 3.8) is 0 Å². The van der Waals surface area contributed by atoms with E-state index in [-0.39, 0.29) is 18.0 Å². The third-order valence-corrected chi connectivity index (χ3v) is 3.08. The first kappa shape index (κ1) is 9.39. The highest BCUT2D eigenvalue weighted by Crippen LogP contribution is 2.36. The second-order valence-corrected chi connectivity index (χ2v) is 4.27. The molecule has 4 heteroatoms. The summed E-state index contributed by atoms with van der Waals surface area (Å²) in [5.41, 5.74) is 0.646. The first-order valence-electron chi connectivity index (χ1n) is 5.47. The molecule has 0 spiro atoms. The molecule has 1 heterocycles. The Balaban J connectivity index is 1.90. The van der Waals surface area contributed by atoms with Gasteiger partial charge in [-0.2, -0.15) is 0 Å². The molecule has 1 saturated carbocycles. The molecule has 16 heavy (non-hydrogen) atoms. The fraction of sp³-hybridized carbons (Fsp3) is 0.333. The molecule has 1 aromatic rings. The van der Waals surface area contributed by atoms with Crippen molar-refractivity contribution < 1.29 is 9.59 Å². The van der Waals surface area contributed by atoms with Gasteiger partial charge in [0.25, 0.3) is 5.91 Å². The van der Waals surface area contributed by atoms with Crippen LogP contribution in [-0.4, -0.2) is 18.0 Å². The van der Waals surface area contributed by atoms with Crippen LogP contribution in [0.3, 0.4) is 0 Å². The molecule has 2 fully saturated rings.